The van der Waals surface area contributed by atoms with Gasteiger partial charge in [-0.1, -0.05) is 29.3 Å². The Bertz CT molecular complexity index is 1240. The third kappa shape index (κ3) is 5.71. The largest absolute Gasteiger partial charge is 0.506 e. The number of ketones is 1. The number of carbonyl (C=O) groups is 2. The molecule has 2 aromatic heterocycles. The molecule has 0 atom stereocenters. The summed E-state index contributed by atoms with van der Waals surface area (Å²) in [7, 11) is 0. The van der Waals surface area contributed by atoms with E-state index >= 15 is 0 Å². The van der Waals surface area contributed by atoms with Crippen LogP contribution in [0.4, 0.5) is 0 Å². The molecule has 0 saturated heterocycles. The summed E-state index contributed by atoms with van der Waals surface area (Å²) in [4.78, 5) is 33.5. The molecular weight excluding hydrogens is 511 g/mol. The summed E-state index contributed by atoms with van der Waals surface area (Å²) < 4.78 is 0. The van der Waals surface area contributed by atoms with E-state index in [2.05, 4.69) is 4.99 Å². The van der Waals surface area contributed by atoms with Crippen molar-refractivity contribution in [2.45, 2.75) is 46.7 Å². The van der Waals surface area contributed by atoms with E-state index in [1.807, 2.05) is 27.7 Å². The molecule has 0 aliphatic carbocycles. The summed E-state index contributed by atoms with van der Waals surface area (Å²) in [6.45, 7) is 9.57. The first-order chi connectivity index (χ1) is 16.0. The van der Waals surface area contributed by atoms with Crippen molar-refractivity contribution in [2.24, 2.45) is 4.99 Å². The highest BCUT2D eigenvalue weighted by atomic mass is 35.5. The summed E-state index contributed by atoms with van der Waals surface area (Å²) in [5.74, 6) is -0.168. The number of hydrogen-bond donors (Lipinski definition) is 1. The third-order valence-corrected chi connectivity index (χ3v) is 8.11. The van der Waals surface area contributed by atoms with Gasteiger partial charge in [-0.05, 0) is 64.4 Å². The zero-order chi connectivity index (χ0) is 25.2. The Kier molecular flexibility index (Phi) is 8.57. The quantitative estimate of drug-likeness (QED) is 0.240. The molecule has 0 unspecified atom stereocenters. The molecule has 0 fully saturated rings. The van der Waals surface area contributed by atoms with Crippen LogP contribution in [0.2, 0.25) is 10.0 Å². The van der Waals surface area contributed by atoms with Crippen molar-refractivity contribution < 1.29 is 14.7 Å². The molecule has 0 spiro atoms. The smallest absolute Gasteiger partial charge is 0.264 e. The minimum atomic E-state index is -0.177. The van der Waals surface area contributed by atoms with Crippen LogP contribution in [-0.4, -0.2) is 46.0 Å². The fourth-order valence-corrected chi connectivity index (χ4v) is 5.78. The average Bonchev–Trinajstić information content (AvgIpc) is 3.40. The number of hydrogen-bond acceptors (Lipinski definition) is 6. The van der Waals surface area contributed by atoms with E-state index in [-0.39, 0.29) is 36.1 Å². The van der Waals surface area contributed by atoms with E-state index < -0.39 is 0 Å². The second-order valence-corrected chi connectivity index (χ2v) is 11.1. The van der Waals surface area contributed by atoms with Crippen molar-refractivity contribution in [3.63, 3.8) is 0 Å². The van der Waals surface area contributed by atoms with Gasteiger partial charge in [-0.25, -0.2) is 0 Å². The number of Topliss-reactive ketones (excluding diaryl/α,β-unsaturated/α-hetero) is 1. The Balaban J connectivity index is 1.74. The van der Waals surface area contributed by atoms with E-state index in [4.69, 9.17) is 23.2 Å². The van der Waals surface area contributed by atoms with Crippen LogP contribution in [0.1, 0.15) is 59.5 Å². The Morgan fingerprint density at radius 2 is 1.68 bits per heavy atom. The van der Waals surface area contributed by atoms with Gasteiger partial charge in [-0.15, -0.1) is 22.7 Å². The van der Waals surface area contributed by atoms with Crippen LogP contribution >= 0.6 is 45.9 Å². The second-order valence-electron chi connectivity index (χ2n) is 8.34. The molecule has 0 aliphatic heterocycles. The monoisotopic (exact) mass is 536 g/mol. The number of aliphatic imine (C=N–C) groups is 1. The predicted octanol–water partition coefficient (Wildman–Crippen LogP) is 7.44. The van der Waals surface area contributed by atoms with Gasteiger partial charge in [-0.3, -0.25) is 14.6 Å². The van der Waals surface area contributed by atoms with Gasteiger partial charge < -0.3 is 10.0 Å². The van der Waals surface area contributed by atoms with E-state index in [0.29, 0.717) is 36.0 Å². The SMILES string of the molecule is CC(=NCC(=O)c1ccc(C(=O)N(C(C)C)C(C)C)s1)c1csc(-c2ccc(Cl)c(Cl)c2)c1O. The molecule has 3 aromatic rings. The van der Waals surface area contributed by atoms with Gasteiger partial charge in [0.1, 0.15) is 12.3 Å². The highest BCUT2D eigenvalue weighted by molar-refractivity contribution is 7.16. The summed E-state index contributed by atoms with van der Waals surface area (Å²) >= 11 is 14.6. The molecule has 0 bridgehead atoms. The minimum absolute atomic E-state index is 0.0630. The summed E-state index contributed by atoms with van der Waals surface area (Å²) in [5.41, 5.74) is 1.86. The van der Waals surface area contributed by atoms with Gasteiger partial charge in [0.25, 0.3) is 5.91 Å². The van der Waals surface area contributed by atoms with Crippen molar-refractivity contribution in [2.75, 3.05) is 6.54 Å². The first kappa shape index (κ1) is 26.4. The molecule has 0 saturated carbocycles. The molecule has 9 heteroatoms. The molecule has 1 amide bonds. The fraction of sp³-hybridized carbons (Fsp3) is 0.320. The van der Waals surface area contributed by atoms with Crippen molar-refractivity contribution >= 4 is 63.3 Å². The molecular formula is C25H26Cl2N2O3S2. The lowest BCUT2D eigenvalue weighted by molar-refractivity contribution is 0.0648. The number of aromatic hydroxyl groups is 1. The van der Waals surface area contributed by atoms with E-state index in [1.165, 1.54) is 22.7 Å². The van der Waals surface area contributed by atoms with E-state index in [1.54, 1.807) is 47.5 Å². The van der Waals surface area contributed by atoms with Crippen LogP contribution in [0, 0.1) is 0 Å². The number of amides is 1. The Hall–Kier alpha value is -2.19. The zero-order valence-electron chi connectivity index (χ0n) is 19.6. The topological polar surface area (TPSA) is 70.0 Å². The number of carbonyl (C=O) groups excluding carboxylic acids is 2. The van der Waals surface area contributed by atoms with Gasteiger partial charge in [0.2, 0.25) is 0 Å². The molecule has 1 N–H and O–H groups in total. The average molecular weight is 538 g/mol. The number of rotatable bonds is 8. The van der Waals surface area contributed by atoms with Crippen LogP contribution in [0.25, 0.3) is 10.4 Å². The van der Waals surface area contributed by atoms with Crippen LogP contribution in [-0.2, 0) is 0 Å². The molecule has 1 aromatic carbocycles. The second kappa shape index (κ2) is 11.0. The van der Waals surface area contributed by atoms with Crippen molar-refractivity contribution in [1.82, 2.24) is 4.90 Å². The van der Waals surface area contributed by atoms with Crippen molar-refractivity contribution in [3.05, 3.63) is 61.1 Å². The first-order valence-corrected chi connectivity index (χ1v) is 13.2. The van der Waals surface area contributed by atoms with E-state index in [0.717, 1.165) is 5.56 Å². The molecule has 2 heterocycles. The number of nitrogens with zero attached hydrogens (tertiary/aromatic N) is 2. The maximum atomic E-state index is 12.9. The van der Waals surface area contributed by atoms with Gasteiger partial charge >= 0.3 is 0 Å². The highest BCUT2D eigenvalue weighted by Crippen LogP contribution is 2.40. The molecule has 3 rings (SSSR count). The van der Waals surface area contributed by atoms with Crippen LogP contribution in [0.15, 0.2) is 40.7 Å². The highest BCUT2D eigenvalue weighted by Gasteiger charge is 2.24. The lowest BCUT2D eigenvalue weighted by atomic mass is 10.1. The number of halogens is 2. The third-order valence-electron chi connectivity index (χ3n) is 5.24. The Labute approximate surface area is 217 Å². The van der Waals surface area contributed by atoms with Crippen LogP contribution < -0.4 is 0 Å². The molecule has 5 nitrogen and oxygen atoms in total. The maximum absolute atomic E-state index is 12.9. The first-order valence-electron chi connectivity index (χ1n) is 10.7. The van der Waals surface area contributed by atoms with Crippen molar-refractivity contribution in [1.29, 1.82) is 0 Å². The van der Waals surface area contributed by atoms with Crippen molar-refractivity contribution in [3.8, 4) is 16.2 Å². The Morgan fingerprint density at radius 3 is 2.29 bits per heavy atom. The number of thiophene rings is 2. The van der Waals surface area contributed by atoms with Gasteiger partial charge in [0.05, 0.1) is 24.7 Å². The minimum Gasteiger partial charge on any atom is -0.506 e. The maximum Gasteiger partial charge on any atom is 0.264 e. The summed E-state index contributed by atoms with van der Waals surface area (Å²) in [6.07, 6.45) is 0. The lowest BCUT2D eigenvalue weighted by Crippen LogP contribution is -2.41. The predicted molar refractivity (Wildman–Crippen MR) is 144 cm³/mol. The Morgan fingerprint density at radius 1 is 1.03 bits per heavy atom. The van der Waals surface area contributed by atoms with Crippen LogP contribution in [0.5, 0.6) is 5.75 Å². The molecule has 34 heavy (non-hydrogen) atoms. The van der Waals surface area contributed by atoms with Gasteiger partial charge in [0, 0.05) is 28.7 Å². The molecule has 0 aliphatic rings. The number of benzene rings is 1. The zero-order valence-corrected chi connectivity index (χ0v) is 22.7. The normalized spacial score (nSPS) is 12.0. The molecule has 0 radical (unpaired) electrons. The summed E-state index contributed by atoms with van der Waals surface area (Å²) in [6, 6.07) is 8.66. The van der Waals surface area contributed by atoms with E-state index in [9.17, 15) is 14.7 Å². The van der Waals surface area contributed by atoms with Gasteiger partial charge in [-0.2, -0.15) is 0 Å². The molecule has 180 valence electrons. The summed E-state index contributed by atoms with van der Waals surface area (Å²) in [5, 5.41) is 13.4. The van der Waals surface area contributed by atoms with Crippen LogP contribution in [0.3, 0.4) is 0 Å². The standard InChI is InChI=1S/C25H26Cl2N2O3S2/c1-13(2)29(14(3)4)25(32)22-9-8-21(34-22)20(30)11-28-15(5)17-12-33-24(23(17)31)16-6-7-18(26)19(27)10-16/h6-10,12-14,31H,11H2,1-5H3. The lowest BCUT2D eigenvalue weighted by Gasteiger charge is -2.30. The fourth-order valence-electron chi connectivity index (χ4n) is 3.60. The van der Waals surface area contributed by atoms with Gasteiger partial charge in [0.15, 0.2) is 5.78 Å².